The summed E-state index contributed by atoms with van der Waals surface area (Å²) in [6.07, 6.45) is 1.19. The SMILES string of the molecule is CCOC(=O)Nc1nc2ncc(Sc3ccc(OC)cc3)cc2[nH]1. The summed E-state index contributed by atoms with van der Waals surface area (Å²) in [7, 11) is 1.64. The summed E-state index contributed by atoms with van der Waals surface area (Å²) in [5.41, 5.74) is 1.26. The molecule has 3 aromatic rings. The number of rotatable bonds is 5. The highest BCUT2D eigenvalue weighted by Crippen LogP contribution is 2.30. The van der Waals surface area contributed by atoms with E-state index in [1.807, 2.05) is 30.3 Å². The zero-order chi connectivity index (χ0) is 16.9. The van der Waals surface area contributed by atoms with E-state index in [2.05, 4.69) is 20.3 Å². The van der Waals surface area contributed by atoms with Crippen molar-refractivity contribution in [3.8, 4) is 5.75 Å². The number of hydrogen-bond acceptors (Lipinski definition) is 6. The summed E-state index contributed by atoms with van der Waals surface area (Å²) in [5, 5.41) is 2.53. The van der Waals surface area contributed by atoms with Crippen LogP contribution in [0.15, 0.2) is 46.3 Å². The van der Waals surface area contributed by atoms with Gasteiger partial charge in [-0.25, -0.2) is 9.78 Å². The van der Waals surface area contributed by atoms with Gasteiger partial charge < -0.3 is 14.5 Å². The number of H-pyrrole nitrogens is 1. The normalized spacial score (nSPS) is 10.6. The molecular formula is C16H16N4O3S. The number of pyridine rings is 1. The van der Waals surface area contributed by atoms with Crippen molar-refractivity contribution in [3.05, 3.63) is 36.5 Å². The molecule has 0 radical (unpaired) electrons. The molecule has 0 bridgehead atoms. The van der Waals surface area contributed by atoms with Gasteiger partial charge in [-0.05, 0) is 37.3 Å². The lowest BCUT2D eigenvalue weighted by Crippen LogP contribution is -2.14. The van der Waals surface area contributed by atoms with Crippen LogP contribution in [-0.2, 0) is 4.74 Å². The minimum absolute atomic E-state index is 0.299. The first-order valence-electron chi connectivity index (χ1n) is 7.29. The molecule has 24 heavy (non-hydrogen) atoms. The molecule has 124 valence electrons. The Bertz CT molecular complexity index is 848. The highest BCUT2D eigenvalue weighted by molar-refractivity contribution is 7.99. The van der Waals surface area contributed by atoms with Crippen LogP contribution >= 0.6 is 11.8 Å². The smallest absolute Gasteiger partial charge is 0.413 e. The maximum Gasteiger partial charge on any atom is 0.413 e. The van der Waals surface area contributed by atoms with Crippen LogP contribution < -0.4 is 10.1 Å². The molecule has 0 aliphatic rings. The molecule has 0 aliphatic carbocycles. The number of nitrogens with zero attached hydrogens (tertiary/aromatic N) is 2. The lowest BCUT2D eigenvalue weighted by molar-refractivity contribution is 0.167. The molecule has 0 saturated carbocycles. The number of anilines is 1. The molecule has 0 unspecified atom stereocenters. The van der Waals surface area contributed by atoms with E-state index >= 15 is 0 Å². The first kappa shape index (κ1) is 16.1. The predicted molar refractivity (Wildman–Crippen MR) is 91.7 cm³/mol. The molecule has 0 saturated heterocycles. The number of methoxy groups -OCH3 is 1. The van der Waals surface area contributed by atoms with Gasteiger partial charge in [0.15, 0.2) is 5.65 Å². The predicted octanol–water partition coefficient (Wildman–Crippen LogP) is 3.69. The number of amides is 1. The first-order valence-corrected chi connectivity index (χ1v) is 8.11. The van der Waals surface area contributed by atoms with Crippen LogP contribution in [0.3, 0.4) is 0 Å². The van der Waals surface area contributed by atoms with Crippen LogP contribution in [-0.4, -0.2) is 34.8 Å². The highest BCUT2D eigenvalue weighted by Gasteiger charge is 2.09. The minimum atomic E-state index is -0.551. The van der Waals surface area contributed by atoms with E-state index in [0.717, 1.165) is 21.1 Å². The highest BCUT2D eigenvalue weighted by atomic mass is 32.2. The Labute approximate surface area is 142 Å². The quantitative estimate of drug-likeness (QED) is 0.734. The Morgan fingerprint density at radius 3 is 2.79 bits per heavy atom. The Balaban J connectivity index is 1.76. The van der Waals surface area contributed by atoms with Gasteiger partial charge in [-0.3, -0.25) is 5.32 Å². The number of imidazole rings is 1. The lowest BCUT2D eigenvalue weighted by atomic mass is 10.3. The summed E-state index contributed by atoms with van der Waals surface area (Å²) >= 11 is 1.58. The van der Waals surface area contributed by atoms with E-state index in [1.54, 1.807) is 32.0 Å². The third kappa shape index (κ3) is 3.77. The van der Waals surface area contributed by atoms with Crippen LogP contribution in [0.2, 0.25) is 0 Å². The summed E-state index contributed by atoms with van der Waals surface area (Å²) in [4.78, 5) is 25.0. The average molecular weight is 344 g/mol. The average Bonchev–Trinajstić information content (AvgIpc) is 2.97. The van der Waals surface area contributed by atoms with Crippen LogP contribution in [0, 0.1) is 0 Å². The number of carbonyl (C=O) groups excluding carboxylic acids is 1. The van der Waals surface area contributed by atoms with Gasteiger partial charge >= 0.3 is 6.09 Å². The number of carbonyl (C=O) groups is 1. The van der Waals surface area contributed by atoms with Crippen molar-refractivity contribution >= 4 is 35.0 Å². The molecule has 2 aromatic heterocycles. The second-order valence-corrected chi connectivity index (χ2v) is 5.90. The molecule has 2 N–H and O–H groups in total. The fraction of sp³-hybridized carbons (Fsp3) is 0.188. The summed E-state index contributed by atoms with van der Waals surface area (Å²) in [5.74, 6) is 1.12. The van der Waals surface area contributed by atoms with Gasteiger partial charge in [0.05, 0.1) is 19.2 Å². The molecule has 0 atom stereocenters. The van der Waals surface area contributed by atoms with Crippen molar-refractivity contribution in [2.45, 2.75) is 16.7 Å². The fourth-order valence-electron chi connectivity index (χ4n) is 2.04. The van der Waals surface area contributed by atoms with Crippen molar-refractivity contribution in [2.75, 3.05) is 19.0 Å². The molecule has 0 fully saturated rings. The molecule has 0 aliphatic heterocycles. The lowest BCUT2D eigenvalue weighted by Gasteiger charge is -2.03. The molecule has 1 aromatic carbocycles. The number of fused-ring (bicyclic) bond motifs is 1. The molecule has 0 spiro atoms. The number of ether oxygens (including phenoxy) is 2. The van der Waals surface area contributed by atoms with E-state index in [4.69, 9.17) is 9.47 Å². The summed E-state index contributed by atoms with van der Waals surface area (Å²) < 4.78 is 9.97. The van der Waals surface area contributed by atoms with Crippen LogP contribution in [0.25, 0.3) is 11.2 Å². The van der Waals surface area contributed by atoms with Crippen LogP contribution in [0.4, 0.5) is 10.7 Å². The fourth-order valence-corrected chi connectivity index (χ4v) is 2.87. The molecule has 8 heteroatoms. The van der Waals surface area contributed by atoms with Gasteiger partial charge in [0, 0.05) is 16.0 Å². The number of benzene rings is 1. The van der Waals surface area contributed by atoms with Gasteiger partial charge in [0.1, 0.15) is 5.75 Å². The van der Waals surface area contributed by atoms with Crippen molar-refractivity contribution in [2.24, 2.45) is 0 Å². The number of nitrogens with one attached hydrogen (secondary N) is 2. The second kappa shape index (κ2) is 7.22. The number of aromatic nitrogens is 3. The summed E-state index contributed by atoms with van der Waals surface area (Å²) in [6, 6.07) is 9.71. The Hall–Kier alpha value is -2.74. The van der Waals surface area contributed by atoms with Crippen LogP contribution in [0.1, 0.15) is 6.92 Å². The Kier molecular flexibility index (Phi) is 4.85. The molecule has 7 nitrogen and oxygen atoms in total. The number of aromatic amines is 1. The third-order valence-electron chi connectivity index (χ3n) is 3.10. The third-order valence-corrected chi connectivity index (χ3v) is 4.07. The van der Waals surface area contributed by atoms with E-state index in [9.17, 15) is 4.79 Å². The largest absolute Gasteiger partial charge is 0.497 e. The van der Waals surface area contributed by atoms with Gasteiger partial charge in [0.2, 0.25) is 5.95 Å². The minimum Gasteiger partial charge on any atom is -0.497 e. The topological polar surface area (TPSA) is 89.1 Å². The monoisotopic (exact) mass is 344 g/mol. The van der Waals surface area contributed by atoms with Crippen molar-refractivity contribution in [3.63, 3.8) is 0 Å². The maximum atomic E-state index is 11.4. The zero-order valence-electron chi connectivity index (χ0n) is 13.2. The van der Waals surface area contributed by atoms with Gasteiger partial charge in [-0.1, -0.05) is 11.8 Å². The second-order valence-electron chi connectivity index (χ2n) is 4.75. The van der Waals surface area contributed by atoms with Gasteiger partial charge in [0.25, 0.3) is 0 Å². The number of hydrogen-bond donors (Lipinski definition) is 2. The molecule has 3 rings (SSSR count). The molecule has 1 amide bonds. The molecular weight excluding hydrogens is 328 g/mol. The van der Waals surface area contributed by atoms with E-state index < -0.39 is 6.09 Å². The van der Waals surface area contributed by atoms with Crippen LogP contribution in [0.5, 0.6) is 5.75 Å². The summed E-state index contributed by atoms with van der Waals surface area (Å²) in [6.45, 7) is 2.04. The van der Waals surface area contributed by atoms with Crippen molar-refractivity contribution in [1.82, 2.24) is 15.0 Å². The standard InChI is InChI=1S/C16H16N4O3S/c1-3-23-16(21)20-15-18-13-8-12(9-17-14(13)19-15)24-11-6-4-10(22-2)5-7-11/h4-9H,3H2,1-2H3,(H2,17,18,19,20,21). The Morgan fingerprint density at radius 2 is 2.08 bits per heavy atom. The molecule has 2 heterocycles. The van der Waals surface area contributed by atoms with Gasteiger partial charge in [-0.15, -0.1) is 0 Å². The van der Waals surface area contributed by atoms with E-state index in [0.29, 0.717) is 18.2 Å². The van der Waals surface area contributed by atoms with E-state index in [1.165, 1.54) is 0 Å². The van der Waals surface area contributed by atoms with E-state index in [-0.39, 0.29) is 0 Å². The first-order chi connectivity index (χ1) is 11.7. The van der Waals surface area contributed by atoms with Gasteiger partial charge in [-0.2, -0.15) is 4.98 Å². The Morgan fingerprint density at radius 1 is 1.29 bits per heavy atom. The van der Waals surface area contributed by atoms with Crippen molar-refractivity contribution in [1.29, 1.82) is 0 Å². The van der Waals surface area contributed by atoms with Crippen molar-refractivity contribution < 1.29 is 14.3 Å². The maximum absolute atomic E-state index is 11.4. The zero-order valence-corrected chi connectivity index (χ0v) is 14.0.